The Morgan fingerprint density at radius 2 is 2.05 bits per heavy atom. The molecule has 0 radical (unpaired) electrons. The summed E-state index contributed by atoms with van der Waals surface area (Å²) in [4.78, 5) is 12.0. The van der Waals surface area contributed by atoms with E-state index in [-0.39, 0.29) is 5.91 Å². The third-order valence-electron chi connectivity index (χ3n) is 2.46. The highest BCUT2D eigenvalue weighted by molar-refractivity contribution is 6.68. The summed E-state index contributed by atoms with van der Waals surface area (Å²) < 4.78 is 3.59. The zero-order valence-corrected chi connectivity index (χ0v) is 13.3. The normalized spacial score (nSPS) is 14.2. The molecule has 0 saturated heterocycles. The minimum absolute atomic E-state index is 0.181. The third-order valence-corrected chi connectivity index (χ3v) is 3.16. The lowest BCUT2D eigenvalue weighted by molar-refractivity contribution is -0.708. The zero-order chi connectivity index (χ0) is 14.7. The monoisotopic (exact) mass is 327 g/mol. The molecule has 0 fully saturated rings. The van der Waals surface area contributed by atoms with Crippen LogP contribution in [0.1, 0.15) is 26.5 Å². The van der Waals surface area contributed by atoms with Crippen LogP contribution in [-0.4, -0.2) is 15.9 Å². The molecule has 3 N–H and O–H groups in total. The van der Waals surface area contributed by atoms with E-state index in [2.05, 4.69) is 5.32 Å². The molecule has 1 heterocycles. The number of furan rings is 1. The fourth-order valence-corrected chi connectivity index (χ4v) is 1.73. The molecule has 0 bridgehead atoms. The third kappa shape index (κ3) is 5.61. The Kier molecular flexibility index (Phi) is 5.56. The van der Waals surface area contributed by atoms with E-state index in [1.807, 2.05) is 6.07 Å². The van der Waals surface area contributed by atoms with E-state index in [1.54, 1.807) is 38.4 Å². The molecule has 1 aromatic rings. The molecule has 7 heteroatoms. The number of rotatable bonds is 4. The average Bonchev–Trinajstić information content (AvgIpc) is 2.73. The number of amides is 1. The summed E-state index contributed by atoms with van der Waals surface area (Å²) in [7, 11) is 0. The number of hydrogen-bond donors (Lipinski definition) is 2. The van der Waals surface area contributed by atoms with E-state index in [4.69, 9.17) is 39.2 Å². The van der Waals surface area contributed by atoms with Crippen molar-refractivity contribution in [3.05, 3.63) is 24.2 Å². The molecule has 0 aliphatic rings. The van der Waals surface area contributed by atoms with E-state index in [9.17, 15) is 4.79 Å². The largest absolute Gasteiger partial charge is 0.463 e. The standard InChI is InChI=1S/C12H17Cl3N2O2/c1-11(2,3)10(18)17-9(12(13,14)15)16-7-8-5-4-6-19-8/h4-6,9,16H,7H2,1-3H3,(H,17,18)/p+1/t9-/m1/s1. The minimum atomic E-state index is -1.60. The molecule has 1 atom stereocenters. The number of nitrogens with two attached hydrogens (primary N) is 1. The zero-order valence-electron chi connectivity index (χ0n) is 11.0. The van der Waals surface area contributed by atoms with Crippen LogP contribution in [0.2, 0.25) is 0 Å². The molecular formula is C12H18Cl3N2O2+. The van der Waals surface area contributed by atoms with Gasteiger partial charge in [0.25, 0.3) is 3.79 Å². The van der Waals surface area contributed by atoms with Gasteiger partial charge in [-0.3, -0.25) is 4.79 Å². The van der Waals surface area contributed by atoms with E-state index >= 15 is 0 Å². The van der Waals surface area contributed by atoms with Gasteiger partial charge in [-0.15, -0.1) is 0 Å². The summed E-state index contributed by atoms with van der Waals surface area (Å²) in [6.07, 6.45) is 0.885. The lowest BCUT2D eigenvalue weighted by atomic mass is 9.95. The number of nitrogens with one attached hydrogen (secondary N) is 1. The Balaban J connectivity index is 2.65. The highest BCUT2D eigenvalue weighted by Gasteiger charge is 2.39. The van der Waals surface area contributed by atoms with Crippen molar-refractivity contribution in [3.63, 3.8) is 0 Å². The smallest absolute Gasteiger partial charge is 0.262 e. The Morgan fingerprint density at radius 3 is 2.47 bits per heavy atom. The number of alkyl halides is 3. The van der Waals surface area contributed by atoms with Gasteiger partial charge in [-0.1, -0.05) is 55.6 Å². The fourth-order valence-electron chi connectivity index (χ4n) is 1.29. The molecule has 0 aromatic carbocycles. The first kappa shape index (κ1) is 16.6. The van der Waals surface area contributed by atoms with Crippen molar-refractivity contribution < 1.29 is 14.5 Å². The molecule has 108 valence electrons. The van der Waals surface area contributed by atoms with Gasteiger partial charge in [-0.25, -0.2) is 0 Å². The van der Waals surface area contributed by atoms with Gasteiger partial charge in [0, 0.05) is 5.41 Å². The van der Waals surface area contributed by atoms with E-state index in [0.717, 1.165) is 5.76 Å². The second-order valence-corrected chi connectivity index (χ2v) is 7.63. The molecule has 0 aliphatic heterocycles. The van der Waals surface area contributed by atoms with Gasteiger partial charge < -0.3 is 15.1 Å². The summed E-state index contributed by atoms with van der Waals surface area (Å²) in [5.41, 5.74) is -0.549. The van der Waals surface area contributed by atoms with E-state index in [0.29, 0.717) is 6.54 Å². The molecule has 19 heavy (non-hydrogen) atoms. The highest BCUT2D eigenvalue weighted by atomic mass is 35.6. The number of quaternary nitrogens is 1. The molecular weight excluding hydrogens is 311 g/mol. The van der Waals surface area contributed by atoms with Crippen LogP contribution in [-0.2, 0) is 11.3 Å². The van der Waals surface area contributed by atoms with Crippen LogP contribution in [0.15, 0.2) is 22.8 Å². The van der Waals surface area contributed by atoms with Gasteiger partial charge in [-0.2, -0.15) is 0 Å². The highest BCUT2D eigenvalue weighted by Crippen LogP contribution is 2.28. The predicted molar refractivity (Wildman–Crippen MR) is 76.0 cm³/mol. The van der Waals surface area contributed by atoms with Crippen LogP contribution in [0.3, 0.4) is 0 Å². The molecule has 0 aliphatic carbocycles. The second-order valence-electron chi connectivity index (χ2n) is 5.26. The predicted octanol–water partition coefficient (Wildman–Crippen LogP) is 2.20. The first-order chi connectivity index (χ1) is 8.60. The summed E-state index contributed by atoms with van der Waals surface area (Å²) in [6.45, 7) is 5.86. The number of carbonyl (C=O) groups excluding carboxylic acids is 1. The van der Waals surface area contributed by atoms with Gasteiger partial charge >= 0.3 is 0 Å². The molecule has 1 amide bonds. The first-order valence-corrected chi connectivity index (χ1v) is 6.97. The van der Waals surface area contributed by atoms with Gasteiger partial charge in [-0.05, 0) is 12.1 Å². The van der Waals surface area contributed by atoms with Crippen molar-refractivity contribution in [3.8, 4) is 0 Å². The molecule has 1 rings (SSSR count). The molecule has 4 nitrogen and oxygen atoms in total. The molecule has 1 aromatic heterocycles. The van der Waals surface area contributed by atoms with Crippen LogP contribution in [0.4, 0.5) is 0 Å². The van der Waals surface area contributed by atoms with Crippen molar-refractivity contribution in [2.45, 2.75) is 37.3 Å². The Hall–Kier alpha value is -0.420. The number of hydrogen-bond acceptors (Lipinski definition) is 2. The summed E-state index contributed by atoms with van der Waals surface area (Å²) in [5.74, 6) is 0.559. The fraction of sp³-hybridized carbons (Fsp3) is 0.583. The van der Waals surface area contributed by atoms with Crippen LogP contribution in [0.25, 0.3) is 0 Å². The maximum absolute atomic E-state index is 12.0. The van der Waals surface area contributed by atoms with Crippen molar-refractivity contribution in [2.24, 2.45) is 5.41 Å². The maximum Gasteiger partial charge on any atom is 0.262 e. The SMILES string of the molecule is CC(C)(C)C(=O)N[C@@H]([NH2+]Cc1ccco1)C(Cl)(Cl)Cl. The summed E-state index contributed by atoms with van der Waals surface area (Å²) >= 11 is 17.7. The topological polar surface area (TPSA) is 58.9 Å². The van der Waals surface area contributed by atoms with Gasteiger partial charge in [0.2, 0.25) is 12.1 Å². The van der Waals surface area contributed by atoms with Crippen LogP contribution < -0.4 is 10.6 Å². The molecule has 0 unspecified atom stereocenters. The molecule has 0 saturated carbocycles. The molecule has 0 spiro atoms. The number of carbonyl (C=O) groups is 1. The maximum atomic E-state index is 12.0. The van der Waals surface area contributed by atoms with Crippen LogP contribution in [0.5, 0.6) is 0 Å². The Morgan fingerprint density at radius 1 is 1.42 bits per heavy atom. The van der Waals surface area contributed by atoms with Crippen LogP contribution in [0, 0.1) is 5.41 Å². The number of halogens is 3. The quantitative estimate of drug-likeness (QED) is 0.657. The second kappa shape index (κ2) is 6.35. The first-order valence-electron chi connectivity index (χ1n) is 5.84. The minimum Gasteiger partial charge on any atom is -0.463 e. The summed E-state index contributed by atoms with van der Waals surface area (Å²) in [6, 6.07) is 3.60. The Labute approximate surface area is 127 Å². The van der Waals surface area contributed by atoms with Gasteiger partial charge in [0.1, 0.15) is 6.54 Å². The Bertz CT molecular complexity index is 408. The van der Waals surface area contributed by atoms with Crippen molar-refractivity contribution in [2.75, 3.05) is 0 Å². The van der Waals surface area contributed by atoms with Crippen LogP contribution >= 0.6 is 34.8 Å². The van der Waals surface area contributed by atoms with Crippen molar-refractivity contribution in [1.29, 1.82) is 0 Å². The van der Waals surface area contributed by atoms with Crippen molar-refractivity contribution in [1.82, 2.24) is 5.32 Å². The van der Waals surface area contributed by atoms with Gasteiger partial charge in [0.15, 0.2) is 5.76 Å². The van der Waals surface area contributed by atoms with E-state index < -0.39 is 15.4 Å². The van der Waals surface area contributed by atoms with Gasteiger partial charge in [0.05, 0.1) is 6.26 Å². The lowest BCUT2D eigenvalue weighted by Crippen LogP contribution is -2.95. The van der Waals surface area contributed by atoms with Crippen molar-refractivity contribution >= 4 is 40.7 Å². The lowest BCUT2D eigenvalue weighted by Gasteiger charge is -2.26. The summed E-state index contributed by atoms with van der Waals surface area (Å²) in [5, 5.41) is 4.45. The van der Waals surface area contributed by atoms with E-state index in [1.165, 1.54) is 0 Å². The average molecular weight is 329 g/mol.